The van der Waals surface area contributed by atoms with Crippen LogP contribution in [0.4, 0.5) is 0 Å². The third-order valence-electron chi connectivity index (χ3n) is 5.23. The molecule has 0 amide bonds. The second kappa shape index (κ2) is 7.51. The molecule has 2 aromatic carbocycles. The molecule has 2 rings (SSSR count). The molecule has 0 unspecified atom stereocenters. The van der Waals surface area contributed by atoms with Gasteiger partial charge in [-0.1, -0.05) is 76.9 Å². The van der Waals surface area contributed by atoms with E-state index in [4.69, 9.17) is 0 Å². The second-order valence-corrected chi connectivity index (χ2v) is 9.92. The summed E-state index contributed by atoms with van der Waals surface area (Å²) < 4.78 is 0. The van der Waals surface area contributed by atoms with Crippen molar-refractivity contribution in [1.82, 2.24) is 0 Å². The predicted octanol–water partition coefficient (Wildman–Crippen LogP) is 6.36. The molecule has 0 heterocycles. The van der Waals surface area contributed by atoms with Crippen LogP contribution in [0.15, 0.2) is 24.3 Å². The molecule has 0 saturated heterocycles. The molecule has 0 aliphatic rings. The Balaban J connectivity index is 2.82. The molecule has 0 bridgehead atoms. The number of hydrogen-bond donors (Lipinski definition) is 2. The zero-order valence-electron chi connectivity index (χ0n) is 18.4. The van der Waals surface area contributed by atoms with Crippen molar-refractivity contribution in [2.75, 3.05) is 0 Å². The van der Waals surface area contributed by atoms with E-state index < -0.39 is 5.92 Å². The van der Waals surface area contributed by atoms with Gasteiger partial charge in [-0.05, 0) is 35.8 Å². The fourth-order valence-corrected chi connectivity index (χ4v) is 3.77. The van der Waals surface area contributed by atoms with E-state index in [9.17, 15) is 15.5 Å². The first-order valence-corrected chi connectivity index (χ1v) is 9.82. The fourth-order valence-electron chi connectivity index (χ4n) is 3.77. The molecule has 3 heteroatoms. The average molecular weight is 380 g/mol. The van der Waals surface area contributed by atoms with E-state index in [0.29, 0.717) is 11.1 Å². The number of aryl methyl sites for hydroxylation is 2. The molecule has 0 radical (unpaired) electrons. The van der Waals surface area contributed by atoms with Gasteiger partial charge in [0.05, 0.1) is 6.07 Å². The van der Waals surface area contributed by atoms with Crippen LogP contribution in [0.3, 0.4) is 0 Å². The number of benzene rings is 2. The Kier molecular flexibility index (Phi) is 5.85. The van der Waals surface area contributed by atoms with Crippen molar-refractivity contribution < 1.29 is 10.2 Å². The highest BCUT2D eigenvalue weighted by molar-refractivity contribution is 5.56. The van der Waals surface area contributed by atoms with Gasteiger partial charge in [0.15, 0.2) is 0 Å². The Bertz CT molecular complexity index is 852. The summed E-state index contributed by atoms with van der Waals surface area (Å²) in [6, 6.07) is 10.1. The Labute approximate surface area is 169 Å². The first-order chi connectivity index (χ1) is 12.8. The van der Waals surface area contributed by atoms with E-state index in [1.165, 1.54) is 0 Å². The van der Waals surface area contributed by atoms with Crippen LogP contribution in [0.2, 0.25) is 0 Å². The molecule has 2 N–H and O–H groups in total. The van der Waals surface area contributed by atoms with Crippen LogP contribution in [0.1, 0.15) is 87.3 Å². The van der Waals surface area contributed by atoms with E-state index >= 15 is 0 Å². The molecule has 0 atom stereocenters. The van der Waals surface area contributed by atoms with Gasteiger partial charge in [-0.15, -0.1) is 0 Å². The number of nitriles is 1. The molecular formula is C25H33NO2. The minimum atomic E-state index is -0.396. The van der Waals surface area contributed by atoms with Crippen LogP contribution in [0.5, 0.6) is 11.5 Å². The molecule has 28 heavy (non-hydrogen) atoms. The van der Waals surface area contributed by atoms with Crippen molar-refractivity contribution in [3.63, 3.8) is 0 Å². The van der Waals surface area contributed by atoms with Gasteiger partial charge in [0.1, 0.15) is 11.5 Å². The molecule has 0 aliphatic carbocycles. The minimum absolute atomic E-state index is 0.182. The quantitative estimate of drug-likeness (QED) is 0.652. The Morgan fingerprint density at radius 2 is 1.14 bits per heavy atom. The molecule has 0 fully saturated rings. The number of nitrogens with zero attached hydrogens (tertiary/aromatic N) is 1. The highest BCUT2D eigenvalue weighted by Crippen LogP contribution is 2.45. The number of aromatic hydroxyl groups is 2. The molecular weight excluding hydrogens is 346 g/mol. The second-order valence-electron chi connectivity index (χ2n) is 9.92. The van der Waals surface area contributed by atoms with Crippen LogP contribution in [-0.2, 0) is 10.8 Å². The third kappa shape index (κ3) is 4.33. The van der Waals surface area contributed by atoms with Crippen LogP contribution in [0.25, 0.3) is 0 Å². The number of phenolic OH excluding ortho intramolecular Hbond substituents is 2. The lowest BCUT2D eigenvalue weighted by molar-refractivity contribution is 0.428. The van der Waals surface area contributed by atoms with Crippen molar-refractivity contribution in [3.8, 4) is 17.6 Å². The maximum Gasteiger partial charge on any atom is 0.123 e. The summed E-state index contributed by atoms with van der Waals surface area (Å²) in [5, 5.41) is 31.7. The van der Waals surface area contributed by atoms with E-state index in [1.54, 1.807) is 0 Å². The molecule has 2 aromatic rings. The van der Waals surface area contributed by atoms with Crippen molar-refractivity contribution >= 4 is 0 Å². The van der Waals surface area contributed by atoms with Crippen molar-refractivity contribution in [2.24, 2.45) is 0 Å². The van der Waals surface area contributed by atoms with Gasteiger partial charge in [0.2, 0.25) is 0 Å². The normalized spacial score (nSPS) is 12.3. The summed E-state index contributed by atoms with van der Waals surface area (Å²) >= 11 is 0. The summed E-state index contributed by atoms with van der Waals surface area (Å²) in [5.74, 6) is 0.0418. The van der Waals surface area contributed by atoms with Crippen molar-refractivity contribution in [3.05, 3.63) is 57.6 Å². The van der Waals surface area contributed by atoms with Crippen LogP contribution >= 0.6 is 0 Å². The van der Waals surface area contributed by atoms with E-state index in [2.05, 4.69) is 47.6 Å². The first-order valence-electron chi connectivity index (χ1n) is 9.82. The van der Waals surface area contributed by atoms with E-state index in [-0.39, 0.29) is 28.7 Å². The summed E-state index contributed by atoms with van der Waals surface area (Å²) in [5.41, 5.74) is 4.72. The predicted molar refractivity (Wildman–Crippen MR) is 115 cm³/mol. The third-order valence-corrected chi connectivity index (χ3v) is 5.23. The monoisotopic (exact) mass is 379 g/mol. The molecule has 150 valence electrons. The van der Waals surface area contributed by atoms with Gasteiger partial charge >= 0.3 is 0 Å². The summed E-state index contributed by atoms with van der Waals surface area (Å²) in [6.45, 7) is 16.4. The van der Waals surface area contributed by atoms with Crippen LogP contribution in [0, 0.1) is 25.2 Å². The van der Waals surface area contributed by atoms with E-state index in [0.717, 1.165) is 22.3 Å². The molecule has 0 aliphatic heterocycles. The molecule has 0 saturated carbocycles. The van der Waals surface area contributed by atoms with Crippen molar-refractivity contribution in [1.29, 1.82) is 5.26 Å². The van der Waals surface area contributed by atoms with Gasteiger partial charge in [-0.2, -0.15) is 5.26 Å². The lowest BCUT2D eigenvalue weighted by atomic mass is 9.77. The van der Waals surface area contributed by atoms with E-state index in [1.807, 2.05) is 38.1 Å². The number of rotatable bonds is 3. The van der Waals surface area contributed by atoms with Gasteiger partial charge in [0, 0.05) is 23.5 Å². The van der Waals surface area contributed by atoms with Crippen molar-refractivity contribution in [2.45, 2.75) is 78.6 Å². The molecule has 0 aromatic heterocycles. The van der Waals surface area contributed by atoms with Gasteiger partial charge in [-0.3, -0.25) is 0 Å². The summed E-state index contributed by atoms with van der Waals surface area (Å²) in [4.78, 5) is 0. The zero-order chi connectivity index (χ0) is 21.4. The van der Waals surface area contributed by atoms with Gasteiger partial charge < -0.3 is 10.2 Å². The Morgan fingerprint density at radius 1 is 0.786 bits per heavy atom. The SMILES string of the molecule is Cc1cc(C(CC#N)c2cc(C)cc(C(C)(C)C)c2O)c(O)c(C(C)(C)C)c1. The standard InChI is InChI=1S/C25H33NO2/c1-15-11-18(22(27)20(13-15)24(3,4)5)17(9-10-26)19-12-16(2)14-21(23(19)28)25(6,7)8/h11-14,17,27-28H,9H2,1-8H3. The summed E-state index contributed by atoms with van der Waals surface area (Å²) in [7, 11) is 0. The van der Waals surface area contributed by atoms with Crippen LogP contribution < -0.4 is 0 Å². The van der Waals surface area contributed by atoms with Crippen LogP contribution in [-0.4, -0.2) is 10.2 Å². The highest BCUT2D eigenvalue weighted by atomic mass is 16.3. The average Bonchev–Trinajstić information content (AvgIpc) is 2.54. The minimum Gasteiger partial charge on any atom is -0.507 e. The molecule has 0 spiro atoms. The maximum absolute atomic E-state index is 11.1. The Morgan fingerprint density at radius 3 is 1.43 bits per heavy atom. The summed E-state index contributed by atoms with van der Waals surface area (Å²) in [6.07, 6.45) is 0.182. The largest absolute Gasteiger partial charge is 0.507 e. The zero-order valence-corrected chi connectivity index (χ0v) is 18.4. The smallest absolute Gasteiger partial charge is 0.123 e. The highest BCUT2D eigenvalue weighted by Gasteiger charge is 2.29. The topological polar surface area (TPSA) is 64.2 Å². The lowest BCUT2D eigenvalue weighted by Gasteiger charge is -2.28. The Hall–Kier alpha value is -2.47. The molecule has 3 nitrogen and oxygen atoms in total. The van der Waals surface area contributed by atoms with Gasteiger partial charge in [-0.25, -0.2) is 0 Å². The number of hydrogen-bond acceptors (Lipinski definition) is 3. The first kappa shape index (κ1) is 21.8. The fraction of sp³-hybridized carbons (Fsp3) is 0.480. The maximum atomic E-state index is 11.1. The van der Waals surface area contributed by atoms with Gasteiger partial charge in [0.25, 0.3) is 0 Å². The lowest BCUT2D eigenvalue weighted by Crippen LogP contribution is -2.15. The number of phenols is 2.